The van der Waals surface area contributed by atoms with Crippen molar-refractivity contribution < 1.29 is 4.42 Å². The molecule has 5 aromatic rings. The number of furan rings is 1. The Bertz CT molecular complexity index is 1230. The highest BCUT2D eigenvalue weighted by molar-refractivity contribution is 5.93. The van der Waals surface area contributed by atoms with Crippen molar-refractivity contribution in [2.75, 3.05) is 0 Å². The molecule has 27 heavy (non-hydrogen) atoms. The van der Waals surface area contributed by atoms with Gasteiger partial charge in [-0.3, -0.25) is 0 Å². The minimum Gasteiger partial charge on any atom is -0.467 e. The number of hydrogen-bond donors (Lipinski definition) is 0. The van der Waals surface area contributed by atoms with Gasteiger partial charge in [0, 0.05) is 12.1 Å². The number of benzene rings is 1. The van der Waals surface area contributed by atoms with Gasteiger partial charge < -0.3 is 8.98 Å². The first-order valence-corrected chi connectivity index (χ1v) is 8.96. The Balaban J connectivity index is 1.64. The van der Waals surface area contributed by atoms with Gasteiger partial charge in [-0.25, -0.2) is 14.5 Å². The minimum absolute atomic E-state index is 0.650. The van der Waals surface area contributed by atoms with Gasteiger partial charge in [0.2, 0.25) is 0 Å². The predicted molar refractivity (Wildman–Crippen MR) is 103 cm³/mol. The third kappa shape index (κ3) is 2.61. The molecule has 6 nitrogen and oxygen atoms in total. The standard InChI is InChI=1S/C21H19N5O/c1-14-15(2)25(12-17-9-6-10-27-17)20-19(14)21-23-18(24-26(21)13-22-20)11-16-7-4-3-5-8-16/h3-10,13H,11-12H2,1-2H3. The number of hydrogen-bond acceptors (Lipinski definition) is 4. The second kappa shape index (κ2) is 6.09. The van der Waals surface area contributed by atoms with E-state index in [0.29, 0.717) is 13.0 Å². The molecule has 0 N–H and O–H groups in total. The maximum Gasteiger partial charge on any atom is 0.168 e. The molecule has 0 aliphatic carbocycles. The third-order valence-corrected chi connectivity index (χ3v) is 5.09. The largest absolute Gasteiger partial charge is 0.467 e. The monoisotopic (exact) mass is 357 g/mol. The van der Waals surface area contributed by atoms with Crippen LogP contribution in [0.4, 0.5) is 0 Å². The summed E-state index contributed by atoms with van der Waals surface area (Å²) in [6.07, 6.45) is 4.15. The molecule has 0 aliphatic rings. The number of aryl methyl sites for hydroxylation is 1. The second-order valence-electron chi connectivity index (χ2n) is 6.78. The lowest BCUT2D eigenvalue weighted by molar-refractivity contribution is 0.494. The van der Waals surface area contributed by atoms with Crippen LogP contribution < -0.4 is 0 Å². The van der Waals surface area contributed by atoms with Crippen LogP contribution in [-0.2, 0) is 13.0 Å². The van der Waals surface area contributed by atoms with E-state index < -0.39 is 0 Å². The van der Waals surface area contributed by atoms with E-state index in [9.17, 15) is 0 Å². The molecule has 1 aromatic carbocycles. The molecule has 0 radical (unpaired) electrons. The first-order valence-electron chi connectivity index (χ1n) is 8.96. The third-order valence-electron chi connectivity index (χ3n) is 5.09. The normalized spacial score (nSPS) is 11.6. The fraction of sp³-hybridized carbons (Fsp3) is 0.190. The lowest BCUT2D eigenvalue weighted by atomic mass is 10.1. The molecule has 4 aromatic heterocycles. The zero-order valence-corrected chi connectivity index (χ0v) is 15.3. The highest BCUT2D eigenvalue weighted by atomic mass is 16.3. The number of fused-ring (bicyclic) bond motifs is 3. The fourth-order valence-corrected chi connectivity index (χ4v) is 3.58. The van der Waals surface area contributed by atoms with Crippen LogP contribution in [0.25, 0.3) is 16.7 Å². The lowest BCUT2D eigenvalue weighted by Gasteiger charge is -2.05. The molecule has 0 unspecified atom stereocenters. The van der Waals surface area contributed by atoms with Crippen molar-refractivity contribution >= 4 is 16.7 Å². The number of aromatic nitrogens is 5. The highest BCUT2D eigenvalue weighted by Crippen LogP contribution is 2.27. The average Bonchev–Trinajstić information content (AvgIpc) is 3.38. The van der Waals surface area contributed by atoms with E-state index in [1.54, 1.807) is 17.1 Å². The lowest BCUT2D eigenvalue weighted by Crippen LogP contribution is -2.02. The van der Waals surface area contributed by atoms with Crippen LogP contribution in [0.2, 0.25) is 0 Å². The summed E-state index contributed by atoms with van der Waals surface area (Å²) in [6.45, 7) is 4.87. The van der Waals surface area contributed by atoms with E-state index in [0.717, 1.165) is 34.0 Å². The quantitative estimate of drug-likeness (QED) is 0.489. The summed E-state index contributed by atoms with van der Waals surface area (Å²) in [5, 5.41) is 5.68. The Hall–Kier alpha value is -3.41. The Morgan fingerprint density at radius 2 is 1.85 bits per heavy atom. The van der Waals surface area contributed by atoms with Gasteiger partial charge >= 0.3 is 0 Å². The summed E-state index contributed by atoms with van der Waals surface area (Å²) in [5.74, 6) is 1.70. The topological polar surface area (TPSA) is 61.2 Å². The van der Waals surface area contributed by atoms with Gasteiger partial charge in [-0.2, -0.15) is 0 Å². The van der Waals surface area contributed by atoms with Crippen molar-refractivity contribution in [2.45, 2.75) is 26.8 Å². The van der Waals surface area contributed by atoms with Crippen molar-refractivity contribution in [3.05, 3.63) is 83.5 Å². The molecule has 0 bridgehead atoms. The number of rotatable bonds is 4. The molecule has 0 atom stereocenters. The van der Waals surface area contributed by atoms with E-state index in [2.05, 4.69) is 40.6 Å². The SMILES string of the molecule is Cc1c(C)n(Cc2ccco2)c2ncn3nc(Cc4ccccc4)nc3c12. The van der Waals surface area contributed by atoms with Gasteiger partial charge in [-0.15, -0.1) is 5.10 Å². The Kier molecular flexibility index (Phi) is 3.57. The van der Waals surface area contributed by atoms with Crippen LogP contribution in [0, 0.1) is 13.8 Å². The summed E-state index contributed by atoms with van der Waals surface area (Å²) >= 11 is 0. The van der Waals surface area contributed by atoms with E-state index in [4.69, 9.17) is 9.40 Å². The molecular formula is C21H19N5O. The van der Waals surface area contributed by atoms with Gasteiger partial charge in [0.1, 0.15) is 17.7 Å². The van der Waals surface area contributed by atoms with Crippen LogP contribution in [0.15, 0.2) is 59.5 Å². The molecule has 0 spiro atoms. The molecular weight excluding hydrogens is 338 g/mol. The van der Waals surface area contributed by atoms with Gasteiger partial charge in [-0.05, 0) is 37.1 Å². The van der Waals surface area contributed by atoms with Crippen LogP contribution in [-0.4, -0.2) is 24.1 Å². The highest BCUT2D eigenvalue weighted by Gasteiger charge is 2.18. The van der Waals surface area contributed by atoms with Crippen LogP contribution in [0.1, 0.15) is 28.4 Å². The first kappa shape index (κ1) is 15.8. The summed E-state index contributed by atoms with van der Waals surface area (Å²) in [6, 6.07) is 14.2. The van der Waals surface area contributed by atoms with E-state index in [1.807, 2.05) is 30.3 Å². The molecule has 0 saturated carbocycles. The van der Waals surface area contributed by atoms with Crippen LogP contribution in [0.5, 0.6) is 0 Å². The molecule has 0 amide bonds. The smallest absolute Gasteiger partial charge is 0.168 e. The van der Waals surface area contributed by atoms with Gasteiger partial charge in [0.05, 0.1) is 18.2 Å². The minimum atomic E-state index is 0.650. The fourth-order valence-electron chi connectivity index (χ4n) is 3.58. The van der Waals surface area contributed by atoms with Crippen molar-refractivity contribution in [3.63, 3.8) is 0 Å². The zero-order valence-electron chi connectivity index (χ0n) is 15.3. The predicted octanol–water partition coefficient (Wildman–Crippen LogP) is 3.93. The van der Waals surface area contributed by atoms with Gasteiger partial charge in [0.25, 0.3) is 0 Å². The molecule has 134 valence electrons. The van der Waals surface area contributed by atoms with Crippen molar-refractivity contribution in [3.8, 4) is 0 Å². The molecule has 6 heteroatoms. The van der Waals surface area contributed by atoms with E-state index in [1.165, 1.54) is 11.1 Å². The molecule has 0 saturated heterocycles. The van der Waals surface area contributed by atoms with E-state index >= 15 is 0 Å². The Morgan fingerprint density at radius 3 is 2.63 bits per heavy atom. The Labute approximate surface area is 156 Å². The zero-order chi connectivity index (χ0) is 18.4. The number of nitrogens with zero attached hydrogens (tertiary/aromatic N) is 5. The maximum atomic E-state index is 5.53. The molecule has 4 heterocycles. The molecule has 5 rings (SSSR count). The molecule has 0 aliphatic heterocycles. The van der Waals surface area contributed by atoms with Crippen molar-refractivity contribution in [2.24, 2.45) is 0 Å². The maximum absolute atomic E-state index is 5.53. The summed E-state index contributed by atoms with van der Waals surface area (Å²) in [4.78, 5) is 9.50. The van der Waals surface area contributed by atoms with Gasteiger partial charge in [-0.1, -0.05) is 30.3 Å². The van der Waals surface area contributed by atoms with Crippen molar-refractivity contribution in [1.29, 1.82) is 0 Å². The molecule has 0 fully saturated rings. The van der Waals surface area contributed by atoms with E-state index in [-0.39, 0.29) is 0 Å². The van der Waals surface area contributed by atoms with Crippen LogP contribution in [0.3, 0.4) is 0 Å². The van der Waals surface area contributed by atoms with Gasteiger partial charge in [0.15, 0.2) is 11.5 Å². The van der Waals surface area contributed by atoms with Crippen LogP contribution >= 0.6 is 0 Å². The second-order valence-corrected chi connectivity index (χ2v) is 6.78. The van der Waals surface area contributed by atoms with Crippen molar-refractivity contribution in [1.82, 2.24) is 24.1 Å². The average molecular weight is 357 g/mol. The first-order chi connectivity index (χ1) is 13.2. The summed E-state index contributed by atoms with van der Waals surface area (Å²) in [5.41, 5.74) is 5.29. The Morgan fingerprint density at radius 1 is 1.00 bits per heavy atom. The summed E-state index contributed by atoms with van der Waals surface area (Å²) < 4.78 is 9.48. The summed E-state index contributed by atoms with van der Waals surface area (Å²) in [7, 11) is 0.